The van der Waals surface area contributed by atoms with Gasteiger partial charge in [-0.1, -0.05) is 70.0 Å². The summed E-state index contributed by atoms with van der Waals surface area (Å²) in [5.41, 5.74) is 4.35. The van der Waals surface area contributed by atoms with Crippen LogP contribution >= 0.6 is 27.5 Å². The lowest BCUT2D eigenvalue weighted by molar-refractivity contribution is -0.120. The highest BCUT2D eigenvalue weighted by molar-refractivity contribution is 9.10. The standard InChI is InChI=1S/C19H14BrClN2O/c20-18-9-8-14(16-6-1-2-7-17(16)18)11-19(24)23-22-12-13-4-3-5-15(21)10-13/h1-10,12H,11H2,(H,23,24)/b22-12-. The Morgan fingerprint density at radius 3 is 2.67 bits per heavy atom. The highest BCUT2D eigenvalue weighted by Gasteiger charge is 2.08. The number of nitrogens with one attached hydrogen (secondary N) is 1. The Bertz CT molecular complexity index is 924. The Kier molecular flexibility index (Phi) is 5.28. The molecule has 5 heteroatoms. The number of carbonyl (C=O) groups excluding carboxylic acids is 1. The second-order valence-electron chi connectivity index (χ2n) is 5.28. The number of benzene rings is 3. The molecule has 0 saturated heterocycles. The van der Waals surface area contributed by atoms with Crippen LogP contribution in [0.5, 0.6) is 0 Å². The predicted molar refractivity (Wildman–Crippen MR) is 103 cm³/mol. The number of amides is 1. The van der Waals surface area contributed by atoms with Gasteiger partial charge in [0, 0.05) is 9.50 Å². The molecule has 3 nitrogen and oxygen atoms in total. The highest BCUT2D eigenvalue weighted by Crippen LogP contribution is 2.27. The SMILES string of the molecule is O=C(Cc1ccc(Br)c2ccccc12)N/N=C\c1cccc(Cl)c1. The van der Waals surface area contributed by atoms with Crippen molar-refractivity contribution < 1.29 is 4.79 Å². The van der Waals surface area contributed by atoms with Gasteiger partial charge in [-0.15, -0.1) is 0 Å². The summed E-state index contributed by atoms with van der Waals surface area (Å²) >= 11 is 9.45. The molecule has 0 bridgehead atoms. The van der Waals surface area contributed by atoms with Crippen molar-refractivity contribution in [2.45, 2.75) is 6.42 Å². The van der Waals surface area contributed by atoms with Crippen molar-refractivity contribution in [3.63, 3.8) is 0 Å². The van der Waals surface area contributed by atoms with E-state index in [1.54, 1.807) is 18.3 Å². The summed E-state index contributed by atoms with van der Waals surface area (Å²) < 4.78 is 1.02. The monoisotopic (exact) mass is 400 g/mol. The Morgan fingerprint density at radius 2 is 1.88 bits per heavy atom. The fourth-order valence-electron chi connectivity index (χ4n) is 2.46. The molecule has 120 valence electrons. The molecule has 1 amide bonds. The molecule has 0 aromatic heterocycles. The maximum absolute atomic E-state index is 12.1. The van der Waals surface area contributed by atoms with E-state index in [1.165, 1.54) is 0 Å². The second-order valence-corrected chi connectivity index (χ2v) is 6.57. The van der Waals surface area contributed by atoms with Crippen LogP contribution in [0.3, 0.4) is 0 Å². The minimum atomic E-state index is -0.166. The Hall–Kier alpha value is -2.17. The lowest BCUT2D eigenvalue weighted by Crippen LogP contribution is -2.19. The van der Waals surface area contributed by atoms with Crippen LogP contribution in [-0.4, -0.2) is 12.1 Å². The van der Waals surface area contributed by atoms with Gasteiger partial charge in [-0.25, -0.2) is 5.43 Å². The smallest absolute Gasteiger partial charge is 0.244 e. The van der Waals surface area contributed by atoms with Gasteiger partial charge in [-0.05, 0) is 40.1 Å². The van der Waals surface area contributed by atoms with E-state index in [4.69, 9.17) is 11.6 Å². The fraction of sp³-hybridized carbons (Fsp3) is 0.0526. The first kappa shape index (κ1) is 16.7. The number of hydrogen-bond acceptors (Lipinski definition) is 2. The number of nitrogens with zero attached hydrogens (tertiary/aromatic N) is 1. The van der Waals surface area contributed by atoms with Gasteiger partial charge in [0.15, 0.2) is 0 Å². The summed E-state index contributed by atoms with van der Waals surface area (Å²) in [4.78, 5) is 12.1. The van der Waals surface area contributed by atoms with Crippen LogP contribution in [0.4, 0.5) is 0 Å². The normalized spacial score (nSPS) is 11.1. The maximum Gasteiger partial charge on any atom is 0.244 e. The van der Waals surface area contributed by atoms with Gasteiger partial charge in [0.2, 0.25) is 5.91 Å². The minimum absolute atomic E-state index is 0.166. The number of hydrogen-bond donors (Lipinski definition) is 1. The van der Waals surface area contributed by atoms with Gasteiger partial charge in [-0.2, -0.15) is 5.10 Å². The van der Waals surface area contributed by atoms with Crippen LogP contribution in [0, 0.1) is 0 Å². The molecule has 3 aromatic carbocycles. The maximum atomic E-state index is 12.1. The van der Waals surface area contributed by atoms with Crippen molar-refractivity contribution in [3.05, 3.63) is 81.3 Å². The number of rotatable bonds is 4. The largest absolute Gasteiger partial charge is 0.273 e. The molecular formula is C19H14BrClN2O. The molecule has 0 aliphatic heterocycles. The summed E-state index contributed by atoms with van der Waals surface area (Å²) in [6.45, 7) is 0. The Morgan fingerprint density at radius 1 is 1.08 bits per heavy atom. The fourth-order valence-corrected chi connectivity index (χ4v) is 3.13. The zero-order valence-corrected chi connectivity index (χ0v) is 15.0. The molecule has 24 heavy (non-hydrogen) atoms. The van der Waals surface area contributed by atoms with E-state index in [9.17, 15) is 4.79 Å². The third kappa shape index (κ3) is 4.02. The first-order valence-corrected chi connectivity index (χ1v) is 8.54. The van der Waals surface area contributed by atoms with Crippen LogP contribution in [0.1, 0.15) is 11.1 Å². The summed E-state index contributed by atoms with van der Waals surface area (Å²) in [5.74, 6) is -0.166. The number of hydrazone groups is 1. The van der Waals surface area contributed by atoms with Gasteiger partial charge in [0.25, 0.3) is 0 Å². The molecule has 1 N–H and O–H groups in total. The first-order valence-electron chi connectivity index (χ1n) is 7.37. The molecule has 0 unspecified atom stereocenters. The van der Waals surface area contributed by atoms with Crippen LogP contribution < -0.4 is 5.43 Å². The first-order chi connectivity index (χ1) is 11.6. The lowest BCUT2D eigenvalue weighted by Gasteiger charge is -2.07. The summed E-state index contributed by atoms with van der Waals surface area (Å²) in [6, 6.07) is 19.2. The number of carbonyl (C=O) groups is 1. The Labute approximate surface area is 153 Å². The Balaban J connectivity index is 1.70. The average molecular weight is 402 g/mol. The molecule has 0 heterocycles. The third-order valence-corrected chi connectivity index (χ3v) is 4.49. The molecule has 0 aliphatic carbocycles. The van der Waals surface area contributed by atoms with Crippen molar-refractivity contribution in [2.24, 2.45) is 5.10 Å². The van der Waals surface area contributed by atoms with Gasteiger partial charge in [-0.3, -0.25) is 4.79 Å². The van der Waals surface area contributed by atoms with Crippen molar-refractivity contribution in [1.82, 2.24) is 5.43 Å². The molecule has 0 radical (unpaired) electrons. The molecule has 0 aliphatic rings. The molecule has 0 atom stereocenters. The van der Waals surface area contributed by atoms with E-state index in [0.717, 1.165) is 26.4 Å². The summed E-state index contributed by atoms with van der Waals surface area (Å²) in [6.07, 6.45) is 1.84. The van der Waals surface area contributed by atoms with Crippen LogP contribution in [-0.2, 0) is 11.2 Å². The zero-order valence-electron chi connectivity index (χ0n) is 12.7. The van der Waals surface area contributed by atoms with Gasteiger partial charge < -0.3 is 0 Å². The second kappa shape index (κ2) is 7.60. The quantitative estimate of drug-likeness (QED) is 0.488. The lowest BCUT2D eigenvalue weighted by atomic mass is 10.0. The minimum Gasteiger partial charge on any atom is -0.273 e. The molecule has 0 saturated carbocycles. The van der Waals surface area contributed by atoms with E-state index >= 15 is 0 Å². The van der Waals surface area contributed by atoms with Crippen LogP contribution in [0.2, 0.25) is 5.02 Å². The van der Waals surface area contributed by atoms with Gasteiger partial charge in [0.05, 0.1) is 12.6 Å². The third-order valence-electron chi connectivity index (χ3n) is 3.56. The van der Waals surface area contributed by atoms with E-state index in [-0.39, 0.29) is 12.3 Å². The van der Waals surface area contributed by atoms with Crippen molar-refractivity contribution in [1.29, 1.82) is 0 Å². The summed E-state index contributed by atoms with van der Waals surface area (Å²) in [5, 5.41) is 6.76. The van der Waals surface area contributed by atoms with E-state index in [2.05, 4.69) is 26.5 Å². The number of halogens is 2. The van der Waals surface area contributed by atoms with Crippen LogP contribution in [0.15, 0.2) is 70.2 Å². The van der Waals surface area contributed by atoms with Gasteiger partial charge in [0.1, 0.15) is 0 Å². The molecule has 3 aromatic rings. The molecule has 3 rings (SSSR count). The van der Waals surface area contributed by atoms with E-state index in [0.29, 0.717) is 5.02 Å². The van der Waals surface area contributed by atoms with Crippen molar-refractivity contribution >= 4 is 50.4 Å². The topological polar surface area (TPSA) is 41.5 Å². The van der Waals surface area contributed by atoms with Gasteiger partial charge >= 0.3 is 0 Å². The van der Waals surface area contributed by atoms with E-state index < -0.39 is 0 Å². The average Bonchev–Trinajstić information content (AvgIpc) is 2.58. The predicted octanol–water partition coefficient (Wildman–Crippen LogP) is 4.95. The van der Waals surface area contributed by atoms with Crippen molar-refractivity contribution in [3.8, 4) is 0 Å². The molecule has 0 fully saturated rings. The van der Waals surface area contributed by atoms with Crippen LogP contribution in [0.25, 0.3) is 10.8 Å². The number of fused-ring (bicyclic) bond motifs is 1. The van der Waals surface area contributed by atoms with E-state index in [1.807, 2.05) is 48.5 Å². The molecule has 0 spiro atoms. The highest BCUT2D eigenvalue weighted by atomic mass is 79.9. The zero-order chi connectivity index (χ0) is 16.9. The van der Waals surface area contributed by atoms with Crippen molar-refractivity contribution in [2.75, 3.05) is 0 Å². The summed E-state index contributed by atoms with van der Waals surface area (Å²) in [7, 11) is 0. The molecular weight excluding hydrogens is 388 g/mol.